The first-order valence-electron chi connectivity index (χ1n) is 8.18. The van der Waals surface area contributed by atoms with E-state index < -0.39 is 0 Å². The van der Waals surface area contributed by atoms with Gasteiger partial charge in [0.15, 0.2) is 0 Å². The Hall–Kier alpha value is -1.61. The molecule has 0 radical (unpaired) electrons. The molecule has 0 aliphatic heterocycles. The fourth-order valence-corrected chi connectivity index (χ4v) is 2.31. The van der Waals surface area contributed by atoms with Crippen LogP contribution in [0.25, 0.3) is 6.08 Å². The molecule has 122 valence electrons. The Bertz CT molecular complexity index is 466. The van der Waals surface area contributed by atoms with Crippen molar-refractivity contribution >= 4 is 12.0 Å². The van der Waals surface area contributed by atoms with Gasteiger partial charge in [0.1, 0.15) is 0 Å². The lowest BCUT2D eigenvalue weighted by Crippen LogP contribution is -1.98. The van der Waals surface area contributed by atoms with Gasteiger partial charge in [-0.25, -0.2) is 0 Å². The molecule has 0 aromatic heterocycles. The maximum atomic E-state index is 11.0. The molecule has 1 unspecified atom stereocenters. The summed E-state index contributed by atoms with van der Waals surface area (Å²) in [5, 5.41) is 10.2. The number of carbonyl (C=O) groups is 1. The molecule has 3 nitrogen and oxygen atoms in total. The Kier molecular flexibility index (Phi) is 9.24. The number of rotatable bonds is 10. The van der Waals surface area contributed by atoms with Crippen LogP contribution in [0.2, 0.25) is 0 Å². The van der Waals surface area contributed by atoms with Gasteiger partial charge in [0.05, 0.1) is 13.2 Å². The van der Waals surface area contributed by atoms with Crippen molar-refractivity contribution in [2.45, 2.75) is 58.0 Å². The molecule has 0 aliphatic carbocycles. The molecule has 0 spiro atoms. The fraction of sp³-hybridized carbons (Fsp3) is 0.526. The van der Waals surface area contributed by atoms with Crippen molar-refractivity contribution in [2.24, 2.45) is 0 Å². The van der Waals surface area contributed by atoms with Crippen molar-refractivity contribution in [1.29, 1.82) is 0 Å². The van der Waals surface area contributed by atoms with E-state index in [9.17, 15) is 9.90 Å². The normalized spacial score (nSPS) is 12.5. The second kappa shape index (κ2) is 11.0. The Morgan fingerprint density at radius 3 is 2.86 bits per heavy atom. The Morgan fingerprint density at radius 2 is 2.14 bits per heavy atom. The second-order valence-corrected chi connectivity index (χ2v) is 5.55. The van der Waals surface area contributed by atoms with Crippen molar-refractivity contribution in [3.63, 3.8) is 0 Å². The minimum Gasteiger partial charge on any atom is -0.469 e. The number of esters is 1. The summed E-state index contributed by atoms with van der Waals surface area (Å²) in [5.74, 6) is -0.161. The first-order chi connectivity index (χ1) is 10.7. The van der Waals surface area contributed by atoms with E-state index in [0.717, 1.165) is 43.2 Å². The number of benzene rings is 1. The molecule has 1 atom stereocenters. The second-order valence-electron chi connectivity index (χ2n) is 5.55. The van der Waals surface area contributed by atoms with E-state index in [2.05, 4.69) is 17.7 Å². The van der Waals surface area contributed by atoms with Crippen LogP contribution in [0.4, 0.5) is 0 Å². The van der Waals surface area contributed by atoms with Gasteiger partial charge in [-0.3, -0.25) is 4.79 Å². The highest BCUT2D eigenvalue weighted by Gasteiger charge is 2.06. The molecule has 1 aromatic carbocycles. The highest BCUT2D eigenvalue weighted by molar-refractivity contribution is 5.69. The largest absolute Gasteiger partial charge is 0.469 e. The number of unbranched alkanes of at least 4 members (excludes halogenated alkanes) is 3. The molecular weight excluding hydrogens is 276 g/mol. The van der Waals surface area contributed by atoms with Crippen molar-refractivity contribution in [2.75, 3.05) is 7.11 Å². The van der Waals surface area contributed by atoms with Crippen LogP contribution in [-0.2, 0) is 9.53 Å². The van der Waals surface area contributed by atoms with Crippen LogP contribution in [-0.4, -0.2) is 18.2 Å². The third kappa shape index (κ3) is 7.41. The molecule has 0 saturated carbocycles. The van der Waals surface area contributed by atoms with Crippen LogP contribution >= 0.6 is 0 Å². The average molecular weight is 304 g/mol. The van der Waals surface area contributed by atoms with E-state index in [0.29, 0.717) is 6.42 Å². The van der Waals surface area contributed by atoms with Gasteiger partial charge in [-0.15, -0.1) is 0 Å². The van der Waals surface area contributed by atoms with E-state index in [1.807, 2.05) is 30.3 Å². The minimum atomic E-state index is -0.376. The van der Waals surface area contributed by atoms with Gasteiger partial charge in [0, 0.05) is 6.42 Å². The molecule has 22 heavy (non-hydrogen) atoms. The van der Waals surface area contributed by atoms with Crippen molar-refractivity contribution < 1.29 is 14.6 Å². The van der Waals surface area contributed by atoms with Crippen molar-refractivity contribution in [3.8, 4) is 0 Å². The summed E-state index contributed by atoms with van der Waals surface area (Å²) in [6.07, 6.45) is 10.0. The predicted octanol–water partition coefficient (Wildman–Crippen LogP) is 4.66. The molecule has 3 heteroatoms. The number of aliphatic hydroxyl groups is 1. The summed E-state index contributed by atoms with van der Waals surface area (Å²) in [4.78, 5) is 11.0. The number of ether oxygens (including phenoxy) is 1. The van der Waals surface area contributed by atoms with Gasteiger partial charge in [-0.1, -0.05) is 56.5 Å². The van der Waals surface area contributed by atoms with E-state index in [-0.39, 0.29) is 12.1 Å². The highest BCUT2D eigenvalue weighted by atomic mass is 16.5. The summed E-state index contributed by atoms with van der Waals surface area (Å²) >= 11 is 0. The Morgan fingerprint density at radius 1 is 1.32 bits per heavy atom. The number of hydrogen-bond donors (Lipinski definition) is 1. The molecule has 0 amide bonds. The van der Waals surface area contributed by atoms with E-state index in [1.165, 1.54) is 13.5 Å². The number of allylic oxidation sites excluding steroid dienone is 1. The zero-order valence-corrected chi connectivity index (χ0v) is 13.8. The average Bonchev–Trinajstić information content (AvgIpc) is 2.54. The zero-order chi connectivity index (χ0) is 16.2. The number of methoxy groups -OCH3 is 1. The zero-order valence-electron chi connectivity index (χ0n) is 13.8. The monoisotopic (exact) mass is 304 g/mol. The summed E-state index contributed by atoms with van der Waals surface area (Å²) in [6, 6.07) is 8.02. The predicted molar refractivity (Wildman–Crippen MR) is 90.4 cm³/mol. The topological polar surface area (TPSA) is 46.5 Å². The van der Waals surface area contributed by atoms with Crippen LogP contribution in [0, 0.1) is 0 Å². The quantitative estimate of drug-likeness (QED) is 0.505. The van der Waals surface area contributed by atoms with Gasteiger partial charge >= 0.3 is 5.97 Å². The molecule has 0 aliphatic rings. The van der Waals surface area contributed by atoms with Gasteiger partial charge in [-0.05, 0) is 36.5 Å². The maximum absolute atomic E-state index is 11.0. The number of hydrogen-bond acceptors (Lipinski definition) is 3. The van der Waals surface area contributed by atoms with Crippen molar-refractivity contribution in [3.05, 3.63) is 41.5 Å². The van der Waals surface area contributed by atoms with E-state index >= 15 is 0 Å². The number of aliphatic hydroxyl groups excluding tert-OH is 1. The third-order valence-corrected chi connectivity index (χ3v) is 3.67. The summed E-state index contributed by atoms with van der Waals surface area (Å²) in [5.41, 5.74) is 2.07. The van der Waals surface area contributed by atoms with Gasteiger partial charge in [0.2, 0.25) is 0 Å². The van der Waals surface area contributed by atoms with Gasteiger partial charge in [0.25, 0.3) is 0 Å². The first-order valence-corrected chi connectivity index (χ1v) is 8.18. The standard InChI is InChI=1S/C19H28O3/c1-3-4-6-13-18(20)17-12-9-11-16(15-17)10-7-5-8-14-19(21)22-2/h7,9-12,15,18,20H,3-6,8,13-14H2,1-2H3/b10-7-. The van der Waals surface area contributed by atoms with E-state index in [1.54, 1.807) is 0 Å². The summed E-state index contributed by atoms with van der Waals surface area (Å²) < 4.78 is 4.61. The first kappa shape index (κ1) is 18.4. The summed E-state index contributed by atoms with van der Waals surface area (Å²) in [6.45, 7) is 2.16. The maximum Gasteiger partial charge on any atom is 0.305 e. The van der Waals surface area contributed by atoms with Crippen LogP contribution in [0.5, 0.6) is 0 Å². The smallest absolute Gasteiger partial charge is 0.305 e. The minimum absolute atomic E-state index is 0.161. The molecule has 0 saturated heterocycles. The lowest BCUT2D eigenvalue weighted by atomic mass is 10.0. The molecule has 1 aromatic rings. The molecular formula is C19H28O3. The molecule has 0 fully saturated rings. The van der Waals surface area contributed by atoms with Crippen LogP contribution in [0.1, 0.15) is 69.1 Å². The van der Waals surface area contributed by atoms with Crippen LogP contribution in [0.3, 0.4) is 0 Å². The molecule has 1 N–H and O–H groups in total. The van der Waals surface area contributed by atoms with E-state index in [4.69, 9.17) is 0 Å². The van der Waals surface area contributed by atoms with Crippen LogP contribution < -0.4 is 0 Å². The fourth-order valence-electron chi connectivity index (χ4n) is 2.31. The molecule has 0 heterocycles. The molecule has 1 rings (SSSR count). The lowest BCUT2D eigenvalue weighted by molar-refractivity contribution is -0.140. The lowest BCUT2D eigenvalue weighted by Gasteiger charge is -2.11. The Labute approximate surface area is 134 Å². The van der Waals surface area contributed by atoms with Gasteiger partial charge < -0.3 is 9.84 Å². The summed E-state index contributed by atoms with van der Waals surface area (Å²) in [7, 11) is 1.41. The van der Waals surface area contributed by atoms with Crippen LogP contribution in [0.15, 0.2) is 30.3 Å². The highest BCUT2D eigenvalue weighted by Crippen LogP contribution is 2.21. The van der Waals surface area contributed by atoms with Crippen molar-refractivity contribution in [1.82, 2.24) is 0 Å². The SMILES string of the molecule is CCCCCC(O)c1cccc(/C=C\CCCC(=O)OC)c1. The molecule has 0 bridgehead atoms. The number of carbonyl (C=O) groups excluding carboxylic acids is 1. The third-order valence-electron chi connectivity index (χ3n) is 3.67. The van der Waals surface area contributed by atoms with Gasteiger partial charge in [-0.2, -0.15) is 0 Å². The Balaban J connectivity index is 2.44.